The van der Waals surface area contributed by atoms with Crippen molar-refractivity contribution in [1.29, 1.82) is 0 Å². The van der Waals surface area contributed by atoms with Crippen molar-refractivity contribution in [2.75, 3.05) is 12.4 Å². The Morgan fingerprint density at radius 2 is 2.13 bits per heavy atom. The van der Waals surface area contributed by atoms with E-state index in [4.69, 9.17) is 9.47 Å². The van der Waals surface area contributed by atoms with Crippen molar-refractivity contribution in [3.05, 3.63) is 29.5 Å². The van der Waals surface area contributed by atoms with E-state index >= 15 is 0 Å². The van der Waals surface area contributed by atoms with Gasteiger partial charge in [0.25, 0.3) is 0 Å². The van der Waals surface area contributed by atoms with Crippen LogP contribution in [0.4, 0.5) is 0 Å². The predicted molar refractivity (Wildman–Crippen MR) is 95.1 cm³/mol. The first kappa shape index (κ1) is 17.6. The van der Waals surface area contributed by atoms with Crippen molar-refractivity contribution in [1.82, 2.24) is 0 Å². The minimum Gasteiger partial charge on any atom is -0.490 e. The number of hydrogen-bond acceptors (Lipinski definition) is 7. The quantitative estimate of drug-likeness (QED) is 0.457. The lowest BCUT2D eigenvalue weighted by Gasteiger charge is -2.10. The Kier molecular flexibility index (Phi) is 6.29. The van der Waals surface area contributed by atoms with Crippen molar-refractivity contribution in [3.63, 3.8) is 0 Å². The molecule has 0 N–H and O–H groups in total. The molecule has 0 bridgehead atoms. The third kappa shape index (κ3) is 4.87. The molecule has 0 aromatic heterocycles. The Morgan fingerprint density at radius 1 is 1.35 bits per heavy atom. The van der Waals surface area contributed by atoms with Gasteiger partial charge in [-0.2, -0.15) is 0 Å². The molecule has 23 heavy (non-hydrogen) atoms. The van der Waals surface area contributed by atoms with E-state index in [2.05, 4.69) is 4.99 Å². The normalized spacial score (nSPS) is 15.7. The summed E-state index contributed by atoms with van der Waals surface area (Å²) < 4.78 is 11.4. The van der Waals surface area contributed by atoms with Crippen LogP contribution in [0.25, 0.3) is 6.08 Å². The molecule has 0 aliphatic carbocycles. The molecule has 0 radical (unpaired) electrons. The fourth-order valence-corrected chi connectivity index (χ4v) is 3.59. The van der Waals surface area contributed by atoms with E-state index in [1.54, 1.807) is 36.0 Å². The standard InChI is InChI=1S/C16H17NO4S2/c1-4-20-14-9-11(6-7-13(14)21-10(3)18)8-12-15(19)23-16(17-12)22-5-2/h6-9H,4-5H2,1-3H3. The maximum atomic E-state index is 12.0. The van der Waals surface area contributed by atoms with Crippen LogP contribution in [-0.4, -0.2) is 27.8 Å². The average Bonchev–Trinajstić information content (AvgIpc) is 2.82. The summed E-state index contributed by atoms with van der Waals surface area (Å²) >= 11 is 2.70. The second-order valence-corrected chi connectivity index (χ2v) is 6.94. The number of thioether (sulfide) groups is 2. The number of nitrogens with zero attached hydrogens (tertiary/aromatic N) is 1. The molecule has 2 rings (SSSR count). The van der Waals surface area contributed by atoms with Gasteiger partial charge in [0.15, 0.2) is 11.5 Å². The van der Waals surface area contributed by atoms with Gasteiger partial charge in [-0.05, 0) is 48.2 Å². The van der Waals surface area contributed by atoms with Gasteiger partial charge < -0.3 is 9.47 Å². The van der Waals surface area contributed by atoms with Crippen molar-refractivity contribution in [2.24, 2.45) is 4.99 Å². The molecular formula is C16H17NO4S2. The highest BCUT2D eigenvalue weighted by atomic mass is 32.2. The second kappa shape index (κ2) is 8.21. The SMILES string of the molecule is CCOc1cc(C=C2N=C(SCC)SC2=O)ccc1OC(C)=O. The monoisotopic (exact) mass is 351 g/mol. The zero-order chi connectivity index (χ0) is 16.8. The molecule has 1 aromatic carbocycles. The summed E-state index contributed by atoms with van der Waals surface area (Å²) in [5.74, 6) is 1.28. The number of aliphatic imine (C=N–C) groups is 1. The molecule has 1 aromatic rings. The molecule has 7 heteroatoms. The van der Waals surface area contributed by atoms with E-state index < -0.39 is 5.97 Å². The Balaban J connectivity index is 2.29. The number of ether oxygens (including phenoxy) is 2. The van der Waals surface area contributed by atoms with Gasteiger partial charge in [0.2, 0.25) is 5.12 Å². The number of carbonyl (C=O) groups excluding carboxylic acids is 2. The van der Waals surface area contributed by atoms with Gasteiger partial charge in [-0.1, -0.05) is 24.8 Å². The van der Waals surface area contributed by atoms with E-state index in [1.807, 2.05) is 13.8 Å². The molecule has 1 aliphatic heterocycles. The Labute approximate surface area is 143 Å². The number of hydrogen-bond donors (Lipinski definition) is 0. The highest BCUT2D eigenvalue weighted by molar-refractivity contribution is 8.45. The topological polar surface area (TPSA) is 65.0 Å². The Bertz CT molecular complexity index is 683. The van der Waals surface area contributed by atoms with Crippen LogP contribution in [0.1, 0.15) is 26.3 Å². The number of benzene rings is 1. The Hall–Kier alpha value is -1.73. The first-order valence-electron chi connectivity index (χ1n) is 7.14. The van der Waals surface area contributed by atoms with Gasteiger partial charge in [0.1, 0.15) is 10.1 Å². The smallest absolute Gasteiger partial charge is 0.308 e. The van der Waals surface area contributed by atoms with E-state index in [-0.39, 0.29) is 5.12 Å². The lowest BCUT2D eigenvalue weighted by molar-refractivity contribution is -0.132. The lowest BCUT2D eigenvalue weighted by Crippen LogP contribution is -2.04. The van der Waals surface area contributed by atoms with Crippen molar-refractivity contribution in [2.45, 2.75) is 20.8 Å². The summed E-state index contributed by atoms with van der Waals surface area (Å²) in [5, 5.41) is -0.0667. The zero-order valence-corrected chi connectivity index (χ0v) is 14.8. The molecular weight excluding hydrogens is 334 g/mol. The minimum atomic E-state index is -0.412. The van der Waals surface area contributed by atoms with Gasteiger partial charge in [0, 0.05) is 6.92 Å². The minimum absolute atomic E-state index is 0.0667. The molecule has 0 atom stereocenters. The van der Waals surface area contributed by atoms with Gasteiger partial charge >= 0.3 is 5.97 Å². The van der Waals surface area contributed by atoms with Crippen LogP contribution in [0.2, 0.25) is 0 Å². The van der Waals surface area contributed by atoms with Gasteiger partial charge in [0.05, 0.1) is 6.61 Å². The van der Waals surface area contributed by atoms with Crippen LogP contribution in [0.3, 0.4) is 0 Å². The van der Waals surface area contributed by atoms with E-state index in [0.29, 0.717) is 23.8 Å². The number of carbonyl (C=O) groups is 2. The third-order valence-corrected chi connectivity index (χ3v) is 4.58. The van der Waals surface area contributed by atoms with Gasteiger partial charge in [-0.25, -0.2) is 4.99 Å². The molecule has 1 aliphatic rings. The molecule has 1 heterocycles. The fourth-order valence-electron chi connectivity index (χ4n) is 1.85. The molecule has 122 valence electrons. The van der Waals surface area contributed by atoms with Crippen LogP contribution in [0.5, 0.6) is 11.5 Å². The summed E-state index contributed by atoms with van der Waals surface area (Å²) in [6.45, 7) is 5.64. The predicted octanol–water partition coefficient (Wildman–Crippen LogP) is 3.73. The van der Waals surface area contributed by atoms with Crippen molar-refractivity contribution >= 4 is 45.1 Å². The van der Waals surface area contributed by atoms with E-state index in [9.17, 15) is 9.59 Å². The maximum absolute atomic E-state index is 12.0. The largest absolute Gasteiger partial charge is 0.490 e. The van der Waals surface area contributed by atoms with Crippen molar-refractivity contribution < 1.29 is 19.1 Å². The summed E-state index contributed by atoms with van der Waals surface area (Å²) in [7, 11) is 0. The highest BCUT2D eigenvalue weighted by Crippen LogP contribution is 2.33. The molecule has 5 nitrogen and oxygen atoms in total. The number of rotatable bonds is 5. The number of esters is 1. The molecule has 0 spiro atoms. The Morgan fingerprint density at radius 3 is 2.78 bits per heavy atom. The van der Waals surface area contributed by atoms with Crippen LogP contribution in [0.15, 0.2) is 28.9 Å². The third-order valence-electron chi connectivity index (χ3n) is 2.69. The van der Waals surface area contributed by atoms with Crippen LogP contribution < -0.4 is 9.47 Å². The maximum Gasteiger partial charge on any atom is 0.308 e. The van der Waals surface area contributed by atoms with Crippen molar-refractivity contribution in [3.8, 4) is 11.5 Å². The van der Waals surface area contributed by atoms with Crippen LogP contribution in [-0.2, 0) is 9.59 Å². The molecule has 0 fully saturated rings. The summed E-state index contributed by atoms with van der Waals surface area (Å²) in [4.78, 5) is 27.4. The molecule has 0 saturated carbocycles. The van der Waals surface area contributed by atoms with Crippen LogP contribution in [0, 0.1) is 0 Å². The first-order chi connectivity index (χ1) is 11.0. The fraction of sp³-hybridized carbons (Fsp3) is 0.312. The first-order valence-corrected chi connectivity index (χ1v) is 8.94. The summed E-state index contributed by atoms with van der Waals surface area (Å²) in [6.07, 6.45) is 1.71. The zero-order valence-electron chi connectivity index (χ0n) is 13.1. The van der Waals surface area contributed by atoms with Gasteiger partial charge in [-0.3, -0.25) is 9.59 Å². The summed E-state index contributed by atoms with van der Waals surface area (Å²) in [6, 6.07) is 5.14. The second-order valence-electron chi connectivity index (χ2n) is 4.46. The summed E-state index contributed by atoms with van der Waals surface area (Å²) in [5.41, 5.74) is 1.17. The van der Waals surface area contributed by atoms with Gasteiger partial charge in [-0.15, -0.1) is 0 Å². The van der Waals surface area contributed by atoms with E-state index in [0.717, 1.165) is 27.5 Å². The molecule has 0 saturated heterocycles. The van der Waals surface area contributed by atoms with Crippen LogP contribution >= 0.6 is 23.5 Å². The molecule has 0 unspecified atom stereocenters. The van der Waals surface area contributed by atoms with E-state index in [1.165, 1.54) is 6.92 Å². The lowest BCUT2D eigenvalue weighted by atomic mass is 10.1. The molecule has 0 amide bonds. The average molecular weight is 351 g/mol. The highest BCUT2D eigenvalue weighted by Gasteiger charge is 2.22.